The number of Topliss-reactive ketones (excluding diaryl/α,β-unsaturated/α-hetero) is 1. The van der Waals surface area contributed by atoms with Gasteiger partial charge in [-0.05, 0) is 57.9 Å². The van der Waals surface area contributed by atoms with Crippen LogP contribution in [0.25, 0.3) is 0 Å². The molecule has 0 aromatic carbocycles. The number of carbonyl (C=O) groups excluding carboxylic acids is 3. The van der Waals surface area contributed by atoms with Gasteiger partial charge in [-0.25, -0.2) is 0 Å². The molecule has 5 saturated heterocycles. The molecule has 0 spiro atoms. The Balaban J connectivity index is 1.18. The second kappa shape index (κ2) is 17.0. The van der Waals surface area contributed by atoms with Crippen LogP contribution in [0.15, 0.2) is 0 Å². The molecular formula is C34H57ClF3N9O5. The van der Waals surface area contributed by atoms with Crippen molar-refractivity contribution in [1.29, 1.82) is 0 Å². The first-order valence-corrected chi connectivity index (χ1v) is 19.5. The summed E-state index contributed by atoms with van der Waals surface area (Å²) in [4.78, 5) is 47.8. The van der Waals surface area contributed by atoms with Gasteiger partial charge in [-0.2, -0.15) is 13.2 Å². The van der Waals surface area contributed by atoms with Crippen molar-refractivity contribution in [2.24, 2.45) is 11.8 Å². The maximum absolute atomic E-state index is 14.7. The molecule has 13 unspecified atom stereocenters. The number of carbonyl (C=O) groups is 3. The number of methoxy groups -OCH3 is 1. The van der Waals surface area contributed by atoms with Gasteiger partial charge < -0.3 is 25.4 Å². The van der Waals surface area contributed by atoms with Crippen LogP contribution in [-0.4, -0.2) is 169 Å². The number of amides is 2. The number of hydrogen-bond donors (Lipinski definition) is 7. The van der Waals surface area contributed by atoms with E-state index in [1.54, 1.807) is 12.0 Å². The molecule has 6 fully saturated rings. The van der Waals surface area contributed by atoms with Crippen LogP contribution < -0.4 is 31.9 Å². The second-order valence-corrected chi connectivity index (χ2v) is 16.1. The van der Waals surface area contributed by atoms with Gasteiger partial charge in [0.1, 0.15) is 12.3 Å². The van der Waals surface area contributed by atoms with Crippen LogP contribution >= 0.6 is 11.6 Å². The zero-order valence-electron chi connectivity index (χ0n) is 30.3. The fourth-order valence-corrected chi connectivity index (χ4v) is 9.81. The largest absolute Gasteiger partial charge is 0.391 e. The van der Waals surface area contributed by atoms with E-state index in [1.807, 2.05) is 13.8 Å². The average Bonchev–Trinajstić information content (AvgIpc) is 3.13. The molecule has 6 rings (SSSR count). The Morgan fingerprint density at radius 3 is 2.48 bits per heavy atom. The summed E-state index contributed by atoms with van der Waals surface area (Å²) in [6.07, 6.45) is -3.65. The van der Waals surface area contributed by atoms with Gasteiger partial charge in [0.2, 0.25) is 11.8 Å². The highest BCUT2D eigenvalue weighted by Gasteiger charge is 2.54. The van der Waals surface area contributed by atoms with Crippen LogP contribution in [0.5, 0.6) is 0 Å². The van der Waals surface area contributed by atoms with Crippen molar-refractivity contribution in [3.63, 3.8) is 0 Å². The number of aliphatic hydroxyl groups is 1. The van der Waals surface area contributed by atoms with Crippen molar-refractivity contribution >= 4 is 29.2 Å². The number of likely N-dealkylation sites (tertiary alicyclic amines) is 1. The highest BCUT2D eigenvalue weighted by molar-refractivity contribution is 6.21. The Kier molecular flexibility index (Phi) is 13.1. The number of hydrogen-bond acceptors (Lipinski definition) is 12. The number of piperazine rings is 2. The standard InChI is InChI=1S/C34H57ClF3N9O5/c1-4-24-29(45-9-11-46(12-10-45)33(51)28-30(49)18(2)41-17-42-28)31(50)27-32(40-15-23(44-27)19-7-8-39-26(13-19)52-3)47(24)16-25(48)43-22-6-5-20(14-21(22)35)34(36,37)38/h18-24,26-30,32,39-42,44,49H,4-17H2,1-3H3,(H,43,48). The average molecular weight is 764 g/mol. The summed E-state index contributed by atoms with van der Waals surface area (Å²) in [5.74, 6) is -1.69. The van der Waals surface area contributed by atoms with Crippen molar-refractivity contribution in [3.8, 4) is 0 Å². The molecule has 296 valence electrons. The minimum atomic E-state index is -4.32. The first-order valence-electron chi connectivity index (χ1n) is 19.0. The van der Waals surface area contributed by atoms with Gasteiger partial charge in [0.15, 0.2) is 5.78 Å². The van der Waals surface area contributed by atoms with E-state index >= 15 is 0 Å². The second-order valence-electron chi connectivity index (χ2n) is 15.5. The number of aliphatic hydroxyl groups excluding tert-OH is 1. The van der Waals surface area contributed by atoms with Crippen molar-refractivity contribution < 1.29 is 37.4 Å². The number of rotatable bonds is 8. The number of ketones is 1. The molecule has 2 amide bonds. The minimum Gasteiger partial charge on any atom is -0.389 e. The summed E-state index contributed by atoms with van der Waals surface area (Å²) in [5.41, 5.74) is 0. The SMILES string of the molecule is CCC1C(N2CCN(C(=O)C3NCNC(C)C3O)CC2)C(=O)C2NC(C3CCNC(OC)C3)CNC2N1CC(=O)NC1CCC(C(F)(F)F)CC1Cl. The first-order chi connectivity index (χ1) is 24.8. The van der Waals surface area contributed by atoms with E-state index in [4.69, 9.17) is 16.3 Å². The van der Waals surface area contributed by atoms with E-state index < -0.39 is 53.9 Å². The van der Waals surface area contributed by atoms with Gasteiger partial charge in [0.05, 0.1) is 42.2 Å². The third-order valence-electron chi connectivity index (χ3n) is 12.5. The molecule has 18 heteroatoms. The minimum absolute atomic E-state index is 0.000970. The lowest BCUT2D eigenvalue weighted by molar-refractivity contribution is -0.182. The predicted molar refractivity (Wildman–Crippen MR) is 187 cm³/mol. The number of nitrogens with zero attached hydrogens (tertiary/aromatic N) is 3. The Labute approximate surface area is 309 Å². The van der Waals surface area contributed by atoms with Crippen molar-refractivity contribution in [2.45, 2.75) is 125 Å². The molecule has 52 heavy (non-hydrogen) atoms. The summed E-state index contributed by atoms with van der Waals surface area (Å²) < 4.78 is 45.8. The van der Waals surface area contributed by atoms with Gasteiger partial charge >= 0.3 is 6.18 Å². The van der Waals surface area contributed by atoms with Crippen LogP contribution in [0.1, 0.15) is 52.4 Å². The zero-order chi connectivity index (χ0) is 37.3. The molecule has 14 nitrogen and oxygen atoms in total. The predicted octanol–water partition coefficient (Wildman–Crippen LogP) is -0.886. The third kappa shape index (κ3) is 8.58. The van der Waals surface area contributed by atoms with Gasteiger partial charge in [0.25, 0.3) is 0 Å². The molecule has 0 aromatic rings. The smallest absolute Gasteiger partial charge is 0.389 e. The Morgan fingerprint density at radius 1 is 1.06 bits per heavy atom. The van der Waals surface area contributed by atoms with Gasteiger partial charge in [0, 0.05) is 70.7 Å². The number of halogens is 4. The molecule has 6 aliphatic rings. The quantitative estimate of drug-likeness (QED) is 0.153. The molecule has 5 heterocycles. The van der Waals surface area contributed by atoms with E-state index in [9.17, 15) is 32.7 Å². The molecule has 5 aliphatic heterocycles. The van der Waals surface area contributed by atoms with Gasteiger partial charge in [-0.1, -0.05) is 6.92 Å². The van der Waals surface area contributed by atoms with Crippen molar-refractivity contribution in [1.82, 2.24) is 46.6 Å². The molecule has 1 aliphatic carbocycles. The topological polar surface area (TPSA) is 163 Å². The van der Waals surface area contributed by atoms with E-state index in [0.717, 1.165) is 19.4 Å². The van der Waals surface area contributed by atoms with Crippen LogP contribution in [0, 0.1) is 11.8 Å². The summed E-state index contributed by atoms with van der Waals surface area (Å²) in [6.45, 7) is 7.27. The van der Waals surface area contributed by atoms with E-state index in [2.05, 4.69) is 41.7 Å². The Bertz CT molecular complexity index is 1270. The number of ether oxygens (including phenoxy) is 1. The highest BCUT2D eigenvalue weighted by Crippen LogP contribution is 2.39. The van der Waals surface area contributed by atoms with E-state index in [0.29, 0.717) is 45.8 Å². The summed E-state index contributed by atoms with van der Waals surface area (Å²) in [5, 5.41) is 29.6. The molecular weight excluding hydrogens is 707 g/mol. The monoisotopic (exact) mass is 763 g/mol. The van der Waals surface area contributed by atoms with Crippen molar-refractivity contribution in [3.05, 3.63) is 0 Å². The number of fused-ring (bicyclic) bond motifs is 1. The molecule has 13 atom stereocenters. The molecule has 0 aromatic heterocycles. The fraction of sp³-hybridized carbons (Fsp3) is 0.912. The van der Waals surface area contributed by atoms with Crippen LogP contribution in [-0.2, 0) is 19.1 Å². The lowest BCUT2D eigenvalue weighted by Crippen LogP contribution is -2.80. The Hall–Kier alpha value is -1.67. The van der Waals surface area contributed by atoms with E-state index in [1.165, 1.54) is 0 Å². The number of alkyl halides is 4. The molecule has 1 saturated carbocycles. The van der Waals surface area contributed by atoms with Gasteiger partial charge in [-0.3, -0.25) is 45.5 Å². The highest BCUT2D eigenvalue weighted by atomic mass is 35.5. The van der Waals surface area contributed by atoms with Crippen LogP contribution in [0.4, 0.5) is 13.2 Å². The van der Waals surface area contributed by atoms with Crippen molar-refractivity contribution in [2.75, 3.05) is 59.6 Å². The summed E-state index contributed by atoms with van der Waals surface area (Å²) >= 11 is 6.43. The maximum atomic E-state index is 14.7. The lowest BCUT2D eigenvalue weighted by atomic mass is 9.81. The molecule has 7 N–H and O–H groups in total. The zero-order valence-corrected chi connectivity index (χ0v) is 31.1. The van der Waals surface area contributed by atoms with E-state index in [-0.39, 0.29) is 73.7 Å². The van der Waals surface area contributed by atoms with Crippen LogP contribution in [0.2, 0.25) is 0 Å². The number of piperidine rings is 2. The maximum Gasteiger partial charge on any atom is 0.391 e. The van der Waals surface area contributed by atoms with Crippen LogP contribution in [0.3, 0.4) is 0 Å². The first kappa shape index (κ1) is 40.0. The fourth-order valence-electron chi connectivity index (χ4n) is 9.41. The normalized spacial score (nSPS) is 41.3. The third-order valence-corrected chi connectivity index (χ3v) is 13.0. The molecule has 0 bridgehead atoms. The summed E-state index contributed by atoms with van der Waals surface area (Å²) in [6, 6.07) is -3.04. The van der Waals surface area contributed by atoms with Gasteiger partial charge in [-0.15, -0.1) is 11.6 Å². The summed E-state index contributed by atoms with van der Waals surface area (Å²) in [7, 11) is 1.68. The number of nitrogens with one attached hydrogen (secondary N) is 6. The lowest BCUT2D eigenvalue weighted by Gasteiger charge is -2.56. The Morgan fingerprint density at radius 2 is 1.81 bits per heavy atom. The molecule has 0 radical (unpaired) electrons.